The van der Waals surface area contributed by atoms with Crippen molar-refractivity contribution in [3.8, 4) is 11.1 Å². The van der Waals surface area contributed by atoms with Gasteiger partial charge in [0.1, 0.15) is 11.6 Å². The highest BCUT2D eigenvalue weighted by atomic mass is 19.1. The van der Waals surface area contributed by atoms with Crippen LogP contribution in [0.2, 0.25) is 0 Å². The molecule has 2 aromatic rings. The van der Waals surface area contributed by atoms with Crippen molar-refractivity contribution in [3.63, 3.8) is 0 Å². The first-order chi connectivity index (χ1) is 8.16. The van der Waals surface area contributed by atoms with Crippen LogP contribution in [-0.2, 0) is 6.54 Å². The third kappa shape index (κ3) is 2.94. The summed E-state index contributed by atoms with van der Waals surface area (Å²) in [7, 11) is 0. The molecule has 2 nitrogen and oxygen atoms in total. The highest BCUT2D eigenvalue weighted by Crippen LogP contribution is 2.25. The van der Waals surface area contributed by atoms with Crippen LogP contribution >= 0.6 is 0 Å². The number of hydrogen-bond acceptors (Lipinski definition) is 2. The third-order valence-corrected chi connectivity index (χ3v) is 2.55. The monoisotopic (exact) mass is 233 g/mol. The van der Waals surface area contributed by atoms with Gasteiger partial charge in [-0.1, -0.05) is 26.0 Å². The highest BCUT2D eigenvalue weighted by Gasteiger charge is 2.09. The van der Waals surface area contributed by atoms with Crippen LogP contribution in [-0.4, -0.2) is 6.04 Å². The number of rotatable bonds is 4. The average Bonchev–Trinajstić information content (AvgIpc) is 2.74. The summed E-state index contributed by atoms with van der Waals surface area (Å²) in [4.78, 5) is 0. The van der Waals surface area contributed by atoms with Crippen LogP contribution in [0, 0.1) is 5.82 Å². The molecule has 0 aliphatic heterocycles. The lowest BCUT2D eigenvalue weighted by molar-refractivity contribution is 0.466. The van der Waals surface area contributed by atoms with Crippen molar-refractivity contribution < 1.29 is 8.81 Å². The number of hydrogen-bond donors (Lipinski definition) is 1. The van der Waals surface area contributed by atoms with E-state index in [9.17, 15) is 4.39 Å². The molecule has 0 aliphatic carbocycles. The van der Waals surface area contributed by atoms with E-state index in [-0.39, 0.29) is 5.82 Å². The zero-order chi connectivity index (χ0) is 12.3. The van der Waals surface area contributed by atoms with Gasteiger partial charge in [0, 0.05) is 11.6 Å². The fraction of sp³-hybridized carbons (Fsp3) is 0.286. The molecule has 17 heavy (non-hydrogen) atoms. The predicted octanol–water partition coefficient (Wildman–Crippen LogP) is 3.58. The summed E-state index contributed by atoms with van der Waals surface area (Å²) in [6.07, 6.45) is 1.64. The molecule has 2 rings (SSSR count). The molecule has 0 radical (unpaired) electrons. The number of benzene rings is 1. The summed E-state index contributed by atoms with van der Waals surface area (Å²) in [5.74, 6) is 0.607. The smallest absolute Gasteiger partial charge is 0.125 e. The Kier molecular flexibility index (Phi) is 3.59. The summed E-state index contributed by atoms with van der Waals surface area (Å²) in [5.41, 5.74) is 1.79. The van der Waals surface area contributed by atoms with Crippen molar-refractivity contribution in [3.05, 3.63) is 48.2 Å². The molecule has 0 aliphatic rings. The molecule has 0 amide bonds. The van der Waals surface area contributed by atoms with E-state index in [1.807, 2.05) is 12.1 Å². The Hall–Kier alpha value is -1.61. The molecule has 0 saturated carbocycles. The zero-order valence-corrected chi connectivity index (χ0v) is 10.0. The van der Waals surface area contributed by atoms with Crippen LogP contribution in [0.3, 0.4) is 0 Å². The second-order valence-corrected chi connectivity index (χ2v) is 4.30. The SMILES string of the molecule is CC(C)NCc1occc1-c1cccc(F)c1. The van der Waals surface area contributed by atoms with E-state index in [0.29, 0.717) is 12.6 Å². The Balaban J connectivity index is 2.24. The lowest BCUT2D eigenvalue weighted by Crippen LogP contribution is -2.21. The molecular weight excluding hydrogens is 217 g/mol. The molecule has 0 fully saturated rings. The molecule has 1 aromatic carbocycles. The predicted molar refractivity (Wildman–Crippen MR) is 66.1 cm³/mol. The van der Waals surface area contributed by atoms with Crippen LogP contribution in [0.25, 0.3) is 11.1 Å². The first-order valence-electron chi connectivity index (χ1n) is 5.72. The summed E-state index contributed by atoms with van der Waals surface area (Å²) in [5, 5.41) is 3.29. The minimum absolute atomic E-state index is 0.230. The van der Waals surface area contributed by atoms with Crippen LogP contribution in [0.5, 0.6) is 0 Å². The molecule has 3 heteroatoms. The van der Waals surface area contributed by atoms with Crippen molar-refractivity contribution in [2.75, 3.05) is 0 Å². The van der Waals surface area contributed by atoms with Gasteiger partial charge in [-0.15, -0.1) is 0 Å². The van der Waals surface area contributed by atoms with Gasteiger partial charge in [-0.3, -0.25) is 0 Å². The van der Waals surface area contributed by atoms with Gasteiger partial charge in [0.15, 0.2) is 0 Å². The molecular formula is C14H16FNO. The minimum atomic E-state index is -0.230. The summed E-state index contributed by atoms with van der Waals surface area (Å²) in [6.45, 7) is 4.80. The first-order valence-corrected chi connectivity index (χ1v) is 5.72. The zero-order valence-electron chi connectivity index (χ0n) is 10.0. The van der Waals surface area contributed by atoms with Gasteiger partial charge >= 0.3 is 0 Å². The molecule has 1 aromatic heterocycles. The van der Waals surface area contributed by atoms with E-state index in [1.54, 1.807) is 12.3 Å². The van der Waals surface area contributed by atoms with E-state index in [1.165, 1.54) is 12.1 Å². The van der Waals surface area contributed by atoms with Crippen LogP contribution in [0.1, 0.15) is 19.6 Å². The van der Waals surface area contributed by atoms with Crippen molar-refractivity contribution in [2.24, 2.45) is 0 Å². The highest BCUT2D eigenvalue weighted by molar-refractivity contribution is 5.65. The van der Waals surface area contributed by atoms with E-state index in [2.05, 4.69) is 19.2 Å². The summed E-state index contributed by atoms with van der Waals surface area (Å²) < 4.78 is 18.6. The molecule has 1 N–H and O–H groups in total. The summed E-state index contributed by atoms with van der Waals surface area (Å²) >= 11 is 0. The quantitative estimate of drug-likeness (QED) is 0.873. The molecule has 0 spiro atoms. The van der Waals surface area contributed by atoms with E-state index in [4.69, 9.17) is 4.42 Å². The van der Waals surface area contributed by atoms with Gasteiger partial charge in [0.2, 0.25) is 0 Å². The van der Waals surface area contributed by atoms with E-state index >= 15 is 0 Å². The second kappa shape index (κ2) is 5.15. The lowest BCUT2D eigenvalue weighted by Gasteiger charge is -2.08. The maximum Gasteiger partial charge on any atom is 0.125 e. The summed E-state index contributed by atoms with van der Waals surface area (Å²) in [6, 6.07) is 8.80. The Morgan fingerprint density at radius 2 is 2.12 bits per heavy atom. The van der Waals surface area contributed by atoms with Crippen molar-refractivity contribution in [2.45, 2.75) is 26.4 Å². The molecule has 0 saturated heterocycles. The molecule has 90 valence electrons. The van der Waals surface area contributed by atoms with E-state index < -0.39 is 0 Å². The Morgan fingerprint density at radius 3 is 2.82 bits per heavy atom. The Labute approximate surface area is 100 Å². The minimum Gasteiger partial charge on any atom is -0.467 e. The standard InChI is InChI=1S/C14H16FNO/c1-10(2)16-9-14-13(6-7-17-14)11-4-3-5-12(15)8-11/h3-8,10,16H,9H2,1-2H3. The van der Waals surface area contributed by atoms with Gasteiger partial charge in [-0.05, 0) is 23.8 Å². The Bertz CT molecular complexity index is 490. The molecule has 0 atom stereocenters. The lowest BCUT2D eigenvalue weighted by atomic mass is 10.1. The van der Waals surface area contributed by atoms with Crippen molar-refractivity contribution >= 4 is 0 Å². The van der Waals surface area contributed by atoms with Gasteiger partial charge in [0.05, 0.1) is 12.8 Å². The maximum absolute atomic E-state index is 13.2. The van der Waals surface area contributed by atoms with Gasteiger partial charge in [-0.25, -0.2) is 4.39 Å². The second-order valence-electron chi connectivity index (χ2n) is 4.30. The number of furan rings is 1. The van der Waals surface area contributed by atoms with Gasteiger partial charge in [0.25, 0.3) is 0 Å². The van der Waals surface area contributed by atoms with Crippen LogP contribution in [0.15, 0.2) is 41.0 Å². The molecule has 0 bridgehead atoms. The Morgan fingerprint density at radius 1 is 1.29 bits per heavy atom. The maximum atomic E-state index is 13.2. The van der Waals surface area contributed by atoms with Gasteiger partial charge < -0.3 is 9.73 Å². The van der Waals surface area contributed by atoms with Crippen molar-refractivity contribution in [1.29, 1.82) is 0 Å². The first kappa shape index (κ1) is 11.9. The third-order valence-electron chi connectivity index (χ3n) is 2.55. The van der Waals surface area contributed by atoms with E-state index in [0.717, 1.165) is 16.9 Å². The normalized spacial score (nSPS) is 11.1. The fourth-order valence-corrected chi connectivity index (χ4v) is 1.69. The number of nitrogens with one attached hydrogen (secondary N) is 1. The topological polar surface area (TPSA) is 25.2 Å². The number of halogens is 1. The van der Waals surface area contributed by atoms with Gasteiger partial charge in [-0.2, -0.15) is 0 Å². The van der Waals surface area contributed by atoms with Crippen LogP contribution < -0.4 is 5.32 Å². The molecule has 1 heterocycles. The van der Waals surface area contributed by atoms with Crippen LogP contribution in [0.4, 0.5) is 4.39 Å². The fourth-order valence-electron chi connectivity index (χ4n) is 1.69. The molecule has 0 unspecified atom stereocenters. The largest absolute Gasteiger partial charge is 0.467 e. The average molecular weight is 233 g/mol. The van der Waals surface area contributed by atoms with Crippen molar-refractivity contribution in [1.82, 2.24) is 5.32 Å².